The van der Waals surface area contributed by atoms with Gasteiger partial charge in [0.2, 0.25) is 0 Å². The fourth-order valence-electron chi connectivity index (χ4n) is 3.04. The molecule has 4 heteroatoms. The molecule has 3 rings (SSSR count). The first-order valence-corrected chi connectivity index (χ1v) is 7.05. The molecule has 0 fully saturated rings. The smallest absolute Gasteiger partial charge is 0.337 e. The highest BCUT2D eigenvalue weighted by Gasteiger charge is 2.27. The molecular formula is C17H18N2O2. The number of benzene rings is 2. The van der Waals surface area contributed by atoms with E-state index in [1.54, 1.807) is 18.2 Å². The Labute approximate surface area is 123 Å². The third-order valence-corrected chi connectivity index (χ3v) is 3.91. The summed E-state index contributed by atoms with van der Waals surface area (Å²) in [7, 11) is 0. The Morgan fingerprint density at radius 2 is 2.00 bits per heavy atom. The number of anilines is 3. The number of rotatable bonds is 2. The fourth-order valence-corrected chi connectivity index (χ4v) is 3.04. The van der Waals surface area contributed by atoms with Crippen LogP contribution in [0.2, 0.25) is 0 Å². The molecule has 2 aromatic carbocycles. The largest absolute Gasteiger partial charge is 0.478 e. The summed E-state index contributed by atoms with van der Waals surface area (Å²) in [6.07, 6.45) is 1.00. The van der Waals surface area contributed by atoms with Gasteiger partial charge in [0.25, 0.3) is 0 Å². The lowest BCUT2D eigenvalue weighted by Gasteiger charge is -2.36. The Morgan fingerprint density at radius 1 is 1.24 bits per heavy atom. The summed E-state index contributed by atoms with van der Waals surface area (Å²) >= 11 is 0. The second-order valence-corrected chi connectivity index (χ2v) is 5.60. The molecule has 1 aliphatic rings. The minimum atomic E-state index is -0.951. The average Bonchev–Trinajstić information content (AvgIpc) is 2.46. The number of nitrogens with zero attached hydrogens (tertiary/aromatic N) is 1. The lowest BCUT2D eigenvalue weighted by atomic mass is 9.92. The van der Waals surface area contributed by atoms with Gasteiger partial charge in [-0.25, -0.2) is 4.79 Å². The Morgan fingerprint density at radius 3 is 2.76 bits per heavy atom. The van der Waals surface area contributed by atoms with E-state index in [-0.39, 0.29) is 5.56 Å². The molecule has 1 unspecified atom stereocenters. The molecule has 1 heterocycles. The van der Waals surface area contributed by atoms with E-state index < -0.39 is 5.97 Å². The third-order valence-electron chi connectivity index (χ3n) is 3.91. The van der Waals surface area contributed by atoms with Crippen LogP contribution in [0.4, 0.5) is 17.1 Å². The van der Waals surface area contributed by atoms with E-state index in [0.717, 1.165) is 18.7 Å². The van der Waals surface area contributed by atoms with Crippen LogP contribution in [0.15, 0.2) is 42.5 Å². The summed E-state index contributed by atoms with van der Waals surface area (Å²) in [6, 6.07) is 13.2. The SMILES string of the molecule is CC1Cc2ccccc2N(c2c(N)cccc2C(=O)O)C1. The molecule has 0 amide bonds. The Hall–Kier alpha value is -2.49. The molecule has 1 aliphatic heterocycles. The molecule has 0 aromatic heterocycles. The van der Waals surface area contributed by atoms with Gasteiger partial charge in [0.05, 0.1) is 16.9 Å². The molecule has 0 saturated carbocycles. The van der Waals surface area contributed by atoms with Gasteiger partial charge in [0.1, 0.15) is 0 Å². The van der Waals surface area contributed by atoms with Gasteiger partial charge < -0.3 is 15.7 Å². The van der Waals surface area contributed by atoms with Crippen molar-refractivity contribution in [2.45, 2.75) is 13.3 Å². The van der Waals surface area contributed by atoms with E-state index in [1.165, 1.54) is 5.56 Å². The fraction of sp³-hybridized carbons (Fsp3) is 0.235. The van der Waals surface area contributed by atoms with Gasteiger partial charge in [0, 0.05) is 12.2 Å². The molecule has 108 valence electrons. The molecular weight excluding hydrogens is 264 g/mol. The second-order valence-electron chi connectivity index (χ2n) is 5.60. The second kappa shape index (κ2) is 5.13. The van der Waals surface area contributed by atoms with Crippen LogP contribution < -0.4 is 10.6 Å². The Kier molecular flexibility index (Phi) is 3.29. The van der Waals surface area contributed by atoms with Gasteiger partial charge in [-0.1, -0.05) is 31.2 Å². The molecule has 3 N–H and O–H groups in total. The Balaban J connectivity index is 2.20. The van der Waals surface area contributed by atoms with Crippen LogP contribution in [-0.2, 0) is 6.42 Å². The van der Waals surface area contributed by atoms with Crippen molar-refractivity contribution in [2.24, 2.45) is 5.92 Å². The molecule has 0 aliphatic carbocycles. The maximum Gasteiger partial charge on any atom is 0.337 e. The molecule has 4 nitrogen and oxygen atoms in total. The van der Waals surface area contributed by atoms with Gasteiger partial charge in [0.15, 0.2) is 0 Å². The van der Waals surface area contributed by atoms with Crippen molar-refractivity contribution in [3.05, 3.63) is 53.6 Å². The zero-order chi connectivity index (χ0) is 15.0. The first-order valence-electron chi connectivity index (χ1n) is 7.05. The van der Waals surface area contributed by atoms with Gasteiger partial charge in [-0.2, -0.15) is 0 Å². The van der Waals surface area contributed by atoms with Gasteiger partial charge in [-0.3, -0.25) is 0 Å². The molecule has 0 saturated heterocycles. The highest BCUT2D eigenvalue weighted by molar-refractivity contribution is 5.99. The van der Waals surface area contributed by atoms with Crippen molar-refractivity contribution >= 4 is 23.0 Å². The van der Waals surface area contributed by atoms with Crippen LogP contribution in [0.3, 0.4) is 0 Å². The zero-order valence-corrected chi connectivity index (χ0v) is 11.9. The van der Waals surface area contributed by atoms with E-state index in [0.29, 0.717) is 17.3 Å². The molecule has 0 bridgehead atoms. The summed E-state index contributed by atoms with van der Waals surface area (Å²) in [5.74, 6) is -0.505. The van der Waals surface area contributed by atoms with Crippen LogP contribution in [0.5, 0.6) is 0 Å². The first-order chi connectivity index (χ1) is 10.1. The number of aromatic carboxylic acids is 1. The van der Waals surface area contributed by atoms with Crippen molar-refractivity contribution in [3.8, 4) is 0 Å². The highest BCUT2D eigenvalue weighted by Crippen LogP contribution is 2.39. The predicted octanol–water partition coefficient (Wildman–Crippen LogP) is 3.30. The van der Waals surface area contributed by atoms with Crippen molar-refractivity contribution in [2.75, 3.05) is 17.2 Å². The van der Waals surface area contributed by atoms with E-state index in [1.807, 2.05) is 23.1 Å². The maximum atomic E-state index is 11.5. The van der Waals surface area contributed by atoms with Crippen molar-refractivity contribution < 1.29 is 9.90 Å². The number of carboxylic acid groups (broad SMARTS) is 1. The number of hydrogen-bond donors (Lipinski definition) is 2. The van der Waals surface area contributed by atoms with Crippen LogP contribution in [-0.4, -0.2) is 17.6 Å². The van der Waals surface area contributed by atoms with Gasteiger partial charge in [-0.15, -0.1) is 0 Å². The number of para-hydroxylation sites is 2. The molecule has 2 aromatic rings. The minimum Gasteiger partial charge on any atom is -0.478 e. The van der Waals surface area contributed by atoms with E-state index >= 15 is 0 Å². The molecule has 21 heavy (non-hydrogen) atoms. The van der Waals surface area contributed by atoms with Crippen LogP contribution >= 0.6 is 0 Å². The number of fused-ring (bicyclic) bond motifs is 1. The maximum absolute atomic E-state index is 11.5. The number of carboxylic acids is 1. The van der Waals surface area contributed by atoms with Crippen LogP contribution in [0.25, 0.3) is 0 Å². The zero-order valence-electron chi connectivity index (χ0n) is 11.9. The van der Waals surface area contributed by atoms with E-state index in [9.17, 15) is 9.90 Å². The summed E-state index contributed by atoms with van der Waals surface area (Å²) in [6.45, 7) is 2.94. The summed E-state index contributed by atoms with van der Waals surface area (Å²) in [5, 5.41) is 9.45. The lowest BCUT2D eigenvalue weighted by Crippen LogP contribution is -2.32. The first kappa shape index (κ1) is 13.5. The molecule has 1 atom stereocenters. The number of nitrogen functional groups attached to an aromatic ring is 1. The number of carbonyl (C=O) groups is 1. The molecule has 0 spiro atoms. The minimum absolute atomic E-state index is 0.249. The number of hydrogen-bond acceptors (Lipinski definition) is 3. The average molecular weight is 282 g/mol. The third kappa shape index (κ3) is 2.33. The molecule has 0 radical (unpaired) electrons. The van der Waals surface area contributed by atoms with Gasteiger partial charge in [-0.05, 0) is 36.1 Å². The Bertz CT molecular complexity index is 697. The monoisotopic (exact) mass is 282 g/mol. The van der Waals surface area contributed by atoms with E-state index in [2.05, 4.69) is 13.0 Å². The van der Waals surface area contributed by atoms with E-state index in [4.69, 9.17) is 5.73 Å². The summed E-state index contributed by atoms with van der Waals surface area (Å²) in [4.78, 5) is 13.6. The van der Waals surface area contributed by atoms with Crippen molar-refractivity contribution in [3.63, 3.8) is 0 Å². The quantitative estimate of drug-likeness (QED) is 0.829. The van der Waals surface area contributed by atoms with Crippen molar-refractivity contribution in [1.82, 2.24) is 0 Å². The number of nitrogens with two attached hydrogens (primary N) is 1. The van der Waals surface area contributed by atoms with Crippen LogP contribution in [0, 0.1) is 5.92 Å². The predicted molar refractivity (Wildman–Crippen MR) is 84.1 cm³/mol. The standard InChI is InChI=1S/C17H18N2O2/c1-11-9-12-5-2-3-8-15(12)19(10-11)16-13(17(20)21)6-4-7-14(16)18/h2-8,11H,9-10,18H2,1H3,(H,20,21). The summed E-state index contributed by atoms with van der Waals surface area (Å²) < 4.78 is 0. The van der Waals surface area contributed by atoms with Crippen molar-refractivity contribution in [1.29, 1.82) is 0 Å². The normalized spacial score (nSPS) is 17.4. The van der Waals surface area contributed by atoms with Crippen LogP contribution in [0.1, 0.15) is 22.8 Å². The lowest BCUT2D eigenvalue weighted by molar-refractivity contribution is 0.0697. The summed E-state index contributed by atoms with van der Waals surface area (Å²) in [5.41, 5.74) is 9.72. The topological polar surface area (TPSA) is 66.6 Å². The highest BCUT2D eigenvalue weighted by atomic mass is 16.4. The van der Waals surface area contributed by atoms with Gasteiger partial charge >= 0.3 is 5.97 Å².